The molecule has 0 spiro atoms. The lowest BCUT2D eigenvalue weighted by Gasteiger charge is -2.27. The molecule has 2 fully saturated rings. The van der Waals surface area contributed by atoms with Gasteiger partial charge in [0, 0.05) is 55.0 Å². The second-order valence-corrected chi connectivity index (χ2v) is 13.1. The van der Waals surface area contributed by atoms with Crippen molar-refractivity contribution in [3.63, 3.8) is 0 Å². The summed E-state index contributed by atoms with van der Waals surface area (Å²) in [6, 6.07) is 8.22. The van der Waals surface area contributed by atoms with Crippen LogP contribution in [-0.4, -0.2) is 113 Å². The molecule has 52 heavy (non-hydrogen) atoms. The molecule has 4 heterocycles. The van der Waals surface area contributed by atoms with Crippen LogP contribution in [0.1, 0.15) is 78.3 Å². The van der Waals surface area contributed by atoms with Gasteiger partial charge in [0.15, 0.2) is 5.65 Å². The van der Waals surface area contributed by atoms with Crippen molar-refractivity contribution < 1.29 is 38.2 Å². The lowest BCUT2D eigenvalue weighted by atomic mass is 10.0. The summed E-state index contributed by atoms with van der Waals surface area (Å²) in [6.07, 6.45) is 6.83. The standard InChI is InChI=1S/C36H46N8O8/c1-2-4-23-22-30(44-29(39-23)11-13-38-44)40-24-7-8-25(21-24)41-32(46)12-15-50-17-19-52-20-18-51-16-14-37-27-6-3-5-26-33(27)36(49)43(35(26)48)28-9-10-31(45)42-34(28)47/h3,5-6,11,13,22,24-25,28,37,40H,2,4,7-10,12,14-21H2,1H3,(H,41,46)(H,42,45,47)/t24-,25?,28?/m1/s1. The zero-order valence-electron chi connectivity index (χ0n) is 29.4. The predicted molar refractivity (Wildman–Crippen MR) is 189 cm³/mol. The Morgan fingerprint density at radius 3 is 2.50 bits per heavy atom. The maximum Gasteiger partial charge on any atom is 0.264 e. The third kappa shape index (κ3) is 8.92. The molecule has 6 rings (SSSR count). The van der Waals surface area contributed by atoms with E-state index in [1.807, 2.05) is 10.6 Å². The van der Waals surface area contributed by atoms with E-state index in [1.165, 1.54) is 0 Å². The number of rotatable bonds is 19. The first kappa shape index (κ1) is 36.8. The SMILES string of the molecule is CCCc1cc(N[C@@H]2CCC(NC(=O)CCOCCOCCOCCNc3cccc4c3C(=O)N(C3CCC(=O)NC3=O)C4=O)C2)n2nccc2n1. The van der Waals surface area contributed by atoms with Crippen LogP contribution in [0.3, 0.4) is 0 Å². The molecular weight excluding hydrogens is 672 g/mol. The first-order chi connectivity index (χ1) is 25.3. The van der Waals surface area contributed by atoms with Crippen molar-refractivity contribution >= 4 is 46.7 Å². The second kappa shape index (κ2) is 17.5. The summed E-state index contributed by atoms with van der Waals surface area (Å²) in [6.45, 7) is 4.59. The third-order valence-electron chi connectivity index (χ3n) is 9.32. The van der Waals surface area contributed by atoms with E-state index >= 15 is 0 Å². The average molecular weight is 719 g/mol. The van der Waals surface area contributed by atoms with Crippen LogP contribution >= 0.6 is 0 Å². The molecule has 1 aliphatic carbocycles. The molecule has 16 nitrogen and oxygen atoms in total. The van der Waals surface area contributed by atoms with Gasteiger partial charge in [0.2, 0.25) is 17.7 Å². The number of nitrogens with one attached hydrogen (secondary N) is 4. The van der Waals surface area contributed by atoms with Gasteiger partial charge in [-0.05, 0) is 44.2 Å². The van der Waals surface area contributed by atoms with Crippen molar-refractivity contribution in [1.29, 1.82) is 0 Å². The number of nitrogens with zero attached hydrogens (tertiary/aromatic N) is 4. The molecule has 2 aliphatic heterocycles. The van der Waals surface area contributed by atoms with Gasteiger partial charge in [0.1, 0.15) is 11.9 Å². The number of amides is 5. The zero-order valence-corrected chi connectivity index (χ0v) is 29.4. The van der Waals surface area contributed by atoms with Gasteiger partial charge in [-0.1, -0.05) is 19.4 Å². The van der Waals surface area contributed by atoms with Crippen molar-refractivity contribution in [2.24, 2.45) is 0 Å². The smallest absolute Gasteiger partial charge is 0.264 e. The number of fused-ring (bicyclic) bond motifs is 2. The molecule has 4 N–H and O–H groups in total. The number of imide groups is 2. The summed E-state index contributed by atoms with van der Waals surface area (Å²) in [5.41, 5.74) is 2.76. The van der Waals surface area contributed by atoms with Gasteiger partial charge in [0.05, 0.1) is 57.0 Å². The van der Waals surface area contributed by atoms with Crippen LogP contribution < -0.4 is 21.3 Å². The van der Waals surface area contributed by atoms with E-state index in [-0.39, 0.29) is 48.4 Å². The largest absolute Gasteiger partial charge is 0.382 e. The number of benzene rings is 1. The minimum atomic E-state index is -1.02. The van der Waals surface area contributed by atoms with Crippen LogP contribution in [-0.2, 0) is 35.0 Å². The molecule has 278 valence electrons. The molecule has 5 amide bonds. The Labute approximate surface area is 301 Å². The molecule has 2 aromatic heterocycles. The molecule has 1 aromatic carbocycles. The van der Waals surface area contributed by atoms with Crippen LogP contribution in [0.2, 0.25) is 0 Å². The highest BCUT2D eigenvalue weighted by Gasteiger charge is 2.45. The molecule has 1 saturated heterocycles. The van der Waals surface area contributed by atoms with Crippen molar-refractivity contribution in [1.82, 2.24) is 30.1 Å². The summed E-state index contributed by atoms with van der Waals surface area (Å²) < 4.78 is 18.6. The van der Waals surface area contributed by atoms with Gasteiger partial charge in [-0.25, -0.2) is 4.98 Å². The first-order valence-electron chi connectivity index (χ1n) is 18.0. The highest BCUT2D eigenvalue weighted by molar-refractivity contribution is 6.25. The molecule has 3 aliphatic rings. The molecule has 1 saturated carbocycles. The number of aromatic nitrogens is 3. The number of piperidine rings is 1. The average Bonchev–Trinajstić information content (AvgIpc) is 3.84. The maximum absolute atomic E-state index is 13.2. The van der Waals surface area contributed by atoms with Crippen LogP contribution in [0.5, 0.6) is 0 Å². The number of hydrogen-bond acceptors (Lipinski definition) is 12. The molecule has 3 aromatic rings. The first-order valence-corrected chi connectivity index (χ1v) is 18.0. The number of carbonyl (C=O) groups is 5. The Morgan fingerprint density at radius 2 is 1.71 bits per heavy atom. The van der Waals surface area contributed by atoms with Gasteiger partial charge in [-0.2, -0.15) is 9.61 Å². The quantitative estimate of drug-likeness (QED) is 0.104. The highest BCUT2D eigenvalue weighted by atomic mass is 16.5. The lowest BCUT2D eigenvalue weighted by Crippen LogP contribution is -2.54. The Balaban J connectivity index is 0.794. The second-order valence-electron chi connectivity index (χ2n) is 13.1. The molecule has 0 radical (unpaired) electrons. The monoisotopic (exact) mass is 718 g/mol. The molecular formula is C36H46N8O8. The van der Waals surface area contributed by atoms with Gasteiger partial charge >= 0.3 is 0 Å². The van der Waals surface area contributed by atoms with Crippen LogP contribution in [0, 0.1) is 0 Å². The fraction of sp³-hybridized carbons (Fsp3) is 0.528. The summed E-state index contributed by atoms with van der Waals surface area (Å²) in [4.78, 5) is 68.1. The molecule has 3 atom stereocenters. The zero-order chi connectivity index (χ0) is 36.5. The number of carbonyl (C=O) groups excluding carboxylic acids is 5. The van der Waals surface area contributed by atoms with E-state index in [0.29, 0.717) is 51.9 Å². The van der Waals surface area contributed by atoms with E-state index in [2.05, 4.69) is 44.3 Å². The minimum absolute atomic E-state index is 0.0275. The predicted octanol–water partition coefficient (Wildman–Crippen LogP) is 2.08. The highest BCUT2D eigenvalue weighted by Crippen LogP contribution is 2.32. The van der Waals surface area contributed by atoms with Gasteiger partial charge in [-0.3, -0.25) is 34.2 Å². The molecule has 0 bridgehead atoms. The summed E-state index contributed by atoms with van der Waals surface area (Å²) in [5, 5.41) is 16.5. The summed E-state index contributed by atoms with van der Waals surface area (Å²) in [5.74, 6) is -1.28. The van der Waals surface area contributed by atoms with Crippen molar-refractivity contribution in [2.45, 2.75) is 76.4 Å². The van der Waals surface area contributed by atoms with E-state index in [9.17, 15) is 24.0 Å². The maximum atomic E-state index is 13.2. The molecule has 16 heteroatoms. The number of aryl methyl sites for hydroxylation is 1. The van der Waals surface area contributed by atoms with Gasteiger partial charge in [0.25, 0.3) is 11.8 Å². The van der Waals surface area contributed by atoms with Crippen molar-refractivity contribution in [2.75, 3.05) is 56.8 Å². The number of hydrogen-bond donors (Lipinski definition) is 4. The van der Waals surface area contributed by atoms with Gasteiger partial charge < -0.3 is 30.2 Å². The van der Waals surface area contributed by atoms with Gasteiger partial charge in [-0.15, -0.1) is 0 Å². The van der Waals surface area contributed by atoms with E-state index in [0.717, 1.165) is 54.2 Å². The fourth-order valence-corrected chi connectivity index (χ4v) is 6.83. The third-order valence-corrected chi connectivity index (χ3v) is 9.32. The Kier molecular flexibility index (Phi) is 12.4. The normalized spacial score (nSPS) is 20.0. The Hall–Kier alpha value is -4.93. The van der Waals surface area contributed by atoms with E-state index in [1.54, 1.807) is 24.4 Å². The minimum Gasteiger partial charge on any atom is -0.382 e. The van der Waals surface area contributed by atoms with Crippen molar-refractivity contribution in [3.05, 3.63) is 53.3 Å². The van der Waals surface area contributed by atoms with Crippen LogP contribution in [0.4, 0.5) is 11.5 Å². The number of ether oxygens (including phenoxy) is 3. The fourth-order valence-electron chi connectivity index (χ4n) is 6.83. The summed E-state index contributed by atoms with van der Waals surface area (Å²) in [7, 11) is 0. The number of anilines is 2. The van der Waals surface area contributed by atoms with Crippen LogP contribution in [0.15, 0.2) is 36.5 Å². The van der Waals surface area contributed by atoms with E-state index < -0.39 is 29.7 Å². The molecule has 2 unspecified atom stereocenters. The Bertz CT molecular complexity index is 1780. The van der Waals surface area contributed by atoms with Crippen molar-refractivity contribution in [3.8, 4) is 0 Å². The van der Waals surface area contributed by atoms with E-state index in [4.69, 9.17) is 14.2 Å². The Morgan fingerprint density at radius 1 is 0.942 bits per heavy atom. The van der Waals surface area contributed by atoms with Crippen LogP contribution in [0.25, 0.3) is 5.65 Å². The lowest BCUT2D eigenvalue weighted by molar-refractivity contribution is -0.136. The topological polar surface area (TPSA) is 195 Å². The summed E-state index contributed by atoms with van der Waals surface area (Å²) >= 11 is 0.